The summed E-state index contributed by atoms with van der Waals surface area (Å²) in [7, 11) is 0. The van der Waals surface area contributed by atoms with Crippen molar-refractivity contribution in [2.75, 3.05) is 0 Å². The first-order valence-electron chi connectivity index (χ1n) is 9.82. The van der Waals surface area contributed by atoms with E-state index in [1.54, 1.807) is 0 Å². The number of aliphatic hydroxyl groups is 1. The minimum atomic E-state index is -0.0490. The van der Waals surface area contributed by atoms with Crippen molar-refractivity contribution in [3.05, 3.63) is 68.8 Å². The van der Waals surface area contributed by atoms with Crippen LogP contribution in [0.4, 0.5) is 0 Å². The third-order valence-corrected chi connectivity index (χ3v) is 6.56. The Morgan fingerprint density at radius 2 is 1.93 bits per heavy atom. The summed E-state index contributed by atoms with van der Waals surface area (Å²) in [5, 5.41) is 14.0. The van der Waals surface area contributed by atoms with Crippen molar-refractivity contribution < 1.29 is 5.11 Å². The van der Waals surface area contributed by atoms with Crippen molar-refractivity contribution in [2.24, 2.45) is 0 Å². The highest BCUT2D eigenvalue weighted by Crippen LogP contribution is 2.38. The Balaban J connectivity index is 2.02. The van der Waals surface area contributed by atoms with E-state index in [-0.39, 0.29) is 12.2 Å². The maximum atomic E-state index is 12.5. The number of hydrogen-bond acceptors (Lipinski definition) is 3. The van der Waals surface area contributed by atoms with Crippen LogP contribution in [-0.4, -0.2) is 10.1 Å². The summed E-state index contributed by atoms with van der Waals surface area (Å²) in [6.45, 7) is 6.42. The Labute approximate surface area is 168 Å². The molecular weight excluding hydrogens is 366 g/mol. The zero-order chi connectivity index (χ0) is 19.8. The van der Waals surface area contributed by atoms with Gasteiger partial charge < -0.3 is 10.1 Å². The number of H-pyrrole nitrogens is 1. The molecule has 2 N–H and O–H groups in total. The summed E-state index contributed by atoms with van der Waals surface area (Å²) in [4.78, 5) is 15.6. The lowest BCUT2D eigenvalue weighted by atomic mass is 9.89. The van der Waals surface area contributed by atoms with Crippen molar-refractivity contribution in [1.82, 2.24) is 4.98 Å². The van der Waals surface area contributed by atoms with Gasteiger partial charge in [-0.3, -0.25) is 4.79 Å². The monoisotopic (exact) mass is 391 g/mol. The topological polar surface area (TPSA) is 53.1 Å². The number of thiophene rings is 1. The van der Waals surface area contributed by atoms with E-state index in [2.05, 4.69) is 43.1 Å². The fourth-order valence-electron chi connectivity index (χ4n) is 4.20. The van der Waals surface area contributed by atoms with Gasteiger partial charge in [-0.05, 0) is 58.5 Å². The van der Waals surface area contributed by atoms with Crippen LogP contribution in [0.2, 0.25) is 0 Å². The fourth-order valence-corrected chi connectivity index (χ4v) is 5.00. The van der Waals surface area contributed by atoms with Crippen molar-refractivity contribution >= 4 is 32.3 Å². The standard InChI is InChI=1S/C24H25NO2S/c1-4-5-14(2)16-6-8-17(9-7-16)20-18(13-26)12-15(3)22-21(20)19-10-11-28-23(19)24(27)25-22/h6-12,14,26H,4-5,13H2,1-3H3,(H,25,27)/t14-/m1/s1. The van der Waals surface area contributed by atoms with Gasteiger partial charge in [0.15, 0.2) is 0 Å². The molecule has 2 heterocycles. The SMILES string of the molecule is CCC[C@@H](C)c1ccc(-c2c(CO)cc(C)c3[nH]c(=O)c4sccc4c23)cc1. The minimum absolute atomic E-state index is 0.0368. The second-order valence-corrected chi connectivity index (χ2v) is 8.48. The number of fused-ring (bicyclic) bond motifs is 3. The molecule has 0 saturated heterocycles. The van der Waals surface area contributed by atoms with Gasteiger partial charge >= 0.3 is 0 Å². The molecule has 0 radical (unpaired) electrons. The minimum Gasteiger partial charge on any atom is -0.392 e. The van der Waals surface area contributed by atoms with Gasteiger partial charge in [0.1, 0.15) is 4.70 Å². The molecule has 4 heteroatoms. The third-order valence-electron chi connectivity index (χ3n) is 5.65. The van der Waals surface area contributed by atoms with Crippen LogP contribution < -0.4 is 5.56 Å². The molecule has 0 aliphatic rings. The van der Waals surface area contributed by atoms with Crippen LogP contribution in [0.5, 0.6) is 0 Å². The number of pyridine rings is 1. The number of aromatic amines is 1. The van der Waals surface area contributed by atoms with Crippen molar-refractivity contribution in [3.63, 3.8) is 0 Å². The van der Waals surface area contributed by atoms with Gasteiger partial charge in [0.05, 0.1) is 12.1 Å². The Hall–Kier alpha value is -2.43. The van der Waals surface area contributed by atoms with Gasteiger partial charge in [0.2, 0.25) is 0 Å². The lowest BCUT2D eigenvalue weighted by Gasteiger charge is -2.17. The van der Waals surface area contributed by atoms with Gasteiger partial charge in [-0.25, -0.2) is 0 Å². The number of aryl methyl sites for hydroxylation is 1. The second-order valence-electron chi connectivity index (χ2n) is 7.56. The average molecular weight is 392 g/mol. The van der Waals surface area contributed by atoms with E-state index in [4.69, 9.17) is 0 Å². The van der Waals surface area contributed by atoms with Gasteiger partial charge in [-0.15, -0.1) is 11.3 Å². The molecule has 0 aliphatic heterocycles. The highest BCUT2D eigenvalue weighted by molar-refractivity contribution is 7.17. The van der Waals surface area contributed by atoms with Crippen LogP contribution in [0.25, 0.3) is 32.1 Å². The molecule has 4 aromatic rings. The first-order valence-corrected chi connectivity index (χ1v) is 10.7. The fraction of sp³-hybridized carbons (Fsp3) is 0.292. The zero-order valence-electron chi connectivity index (χ0n) is 16.5. The maximum absolute atomic E-state index is 12.5. The van der Waals surface area contributed by atoms with Gasteiger partial charge in [-0.1, -0.05) is 50.6 Å². The van der Waals surface area contributed by atoms with E-state index >= 15 is 0 Å². The van der Waals surface area contributed by atoms with Gasteiger partial charge in [0, 0.05) is 10.8 Å². The lowest BCUT2D eigenvalue weighted by molar-refractivity contribution is 0.282. The maximum Gasteiger partial charge on any atom is 0.266 e. The summed E-state index contributed by atoms with van der Waals surface area (Å²) in [6, 6.07) is 12.7. The number of benzene rings is 2. The normalized spacial score (nSPS) is 12.7. The first kappa shape index (κ1) is 18.9. The molecule has 144 valence electrons. The number of aliphatic hydroxyl groups excluding tert-OH is 1. The first-order chi connectivity index (χ1) is 13.5. The molecule has 0 bridgehead atoms. The largest absolute Gasteiger partial charge is 0.392 e. The van der Waals surface area contributed by atoms with Gasteiger partial charge in [-0.2, -0.15) is 0 Å². The molecular formula is C24H25NO2S. The molecule has 28 heavy (non-hydrogen) atoms. The highest BCUT2D eigenvalue weighted by atomic mass is 32.1. The quantitative estimate of drug-likeness (QED) is 0.431. The number of rotatable bonds is 5. The zero-order valence-corrected chi connectivity index (χ0v) is 17.3. The molecule has 2 aromatic heterocycles. The summed E-state index contributed by atoms with van der Waals surface area (Å²) in [5.74, 6) is 0.533. The van der Waals surface area contributed by atoms with E-state index in [1.165, 1.54) is 29.7 Å². The van der Waals surface area contributed by atoms with E-state index in [0.717, 1.165) is 43.2 Å². The molecule has 3 nitrogen and oxygen atoms in total. The highest BCUT2D eigenvalue weighted by Gasteiger charge is 2.17. The summed E-state index contributed by atoms with van der Waals surface area (Å²) < 4.78 is 0.733. The molecule has 2 aromatic carbocycles. The predicted molar refractivity (Wildman–Crippen MR) is 119 cm³/mol. The van der Waals surface area contributed by atoms with Gasteiger partial charge in [0.25, 0.3) is 5.56 Å². The smallest absolute Gasteiger partial charge is 0.266 e. The molecule has 1 atom stereocenters. The van der Waals surface area contributed by atoms with E-state index in [9.17, 15) is 9.90 Å². The molecule has 4 rings (SSSR count). The Morgan fingerprint density at radius 3 is 2.61 bits per heavy atom. The summed E-state index contributed by atoms with van der Waals surface area (Å²) >= 11 is 1.46. The Morgan fingerprint density at radius 1 is 1.18 bits per heavy atom. The lowest BCUT2D eigenvalue weighted by Crippen LogP contribution is -2.07. The van der Waals surface area contributed by atoms with Crippen LogP contribution in [0.3, 0.4) is 0 Å². The summed E-state index contributed by atoms with van der Waals surface area (Å²) in [5.41, 5.74) is 6.08. The van der Waals surface area contributed by atoms with Crippen LogP contribution in [0, 0.1) is 6.92 Å². The van der Waals surface area contributed by atoms with E-state index in [0.29, 0.717) is 5.92 Å². The molecule has 0 saturated carbocycles. The number of aromatic nitrogens is 1. The number of nitrogens with one attached hydrogen (secondary N) is 1. The van der Waals surface area contributed by atoms with Crippen molar-refractivity contribution in [2.45, 2.75) is 46.1 Å². The van der Waals surface area contributed by atoms with E-state index in [1.807, 2.05) is 24.4 Å². The van der Waals surface area contributed by atoms with Crippen molar-refractivity contribution in [1.29, 1.82) is 0 Å². The van der Waals surface area contributed by atoms with Crippen molar-refractivity contribution in [3.8, 4) is 11.1 Å². The molecule has 0 fully saturated rings. The van der Waals surface area contributed by atoms with Crippen LogP contribution in [-0.2, 0) is 6.61 Å². The molecule has 0 spiro atoms. The Kier molecular flexibility index (Phi) is 5.09. The molecule has 0 unspecified atom stereocenters. The van der Waals surface area contributed by atoms with Crippen LogP contribution >= 0.6 is 11.3 Å². The predicted octanol–water partition coefficient (Wildman–Crippen LogP) is 6.11. The summed E-state index contributed by atoms with van der Waals surface area (Å²) in [6.07, 6.45) is 2.34. The van der Waals surface area contributed by atoms with Crippen LogP contribution in [0.1, 0.15) is 49.3 Å². The molecule has 0 aliphatic carbocycles. The second kappa shape index (κ2) is 7.53. The average Bonchev–Trinajstić information content (AvgIpc) is 3.19. The van der Waals surface area contributed by atoms with Crippen LogP contribution in [0.15, 0.2) is 46.6 Å². The van der Waals surface area contributed by atoms with E-state index < -0.39 is 0 Å². The third kappa shape index (κ3) is 3.07. The Bertz CT molecular complexity index is 1200. The number of hydrogen-bond donors (Lipinski definition) is 2. The molecule has 0 amide bonds.